The molecule has 1 aliphatic carbocycles. The Balaban J connectivity index is 2.34. The Bertz CT molecular complexity index is 502. The molecule has 92 valence electrons. The number of anilines is 1. The van der Waals surface area contributed by atoms with Gasteiger partial charge in [-0.2, -0.15) is 13.2 Å². The van der Waals surface area contributed by atoms with E-state index in [1.54, 1.807) is 5.38 Å². The molecule has 0 atom stereocenters. The third-order valence-corrected chi connectivity index (χ3v) is 3.44. The van der Waals surface area contributed by atoms with Crippen LogP contribution in [0, 0.1) is 0 Å². The Morgan fingerprint density at radius 3 is 2.53 bits per heavy atom. The number of hydrogen-bond donors (Lipinski definition) is 1. The van der Waals surface area contributed by atoms with Gasteiger partial charge in [0.05, 0.1) is 11.3 Å². The highest BCUT2D eigenvalue weighted by atomic mass is 35.5. The van der Waals surface area contributed by atoms with E-state index in [-0.39, 0.29) is 17.9 Å². The van der Waals surface area contributed by atoms with Gasteiger partial charge in [-0.1, -0.05) is 11.6 Å². The van der Waals surface area contributed by atoms with Crippen molar-refractivity contribution in [2.75, 3.05) is 5.73 Å². The summed E-state index contributed by atoms with van der Waals surface area (Å²) in [7, 11) is 0. The molecule has 0 unspecified atom stereocenters. The van der Waals surface area contributed by atoms with Crippen molar-refractivity contribution in [3.05, 3.63) is 27.8 Å². The highest BCUT2D eigenvalue weighted by Gasteiger charge is 2.36. The Morgan fingerprint density at radius 1 is 1.35 bits per heavy atom. The molecule has 2 rings (SSSR count). The molecule has 1 aromatic heterocycles. The van der Waals surface area contributed by atoms with E-state index in [9.17, 15) is 13.2 Å². The first kappa shape index (κ1) is 12.4. The topological polar surface area (TPSA) is 38.9 Å². The zero-order chi connectivity index (χ0) is 12.6. The molecule has 0 saturated heterocycles. The average molecular weight is 281 g/mol. The van der Waals surface area contributed by atoms with E-state index >= 15 is 0 Å². The van der Waals surface area contributed by atoms with Gasteiger partial charge in [0.2, 0.25) is 0 Å². The lowest BCUT2D eigenvalue weighted by atomic mass is 9.96. The molecule has 1 aliphatic rings. The summed E-state index contributed by atoms with van der Waals surface area (Å²) in [5.74, 6) is 0. The Labute approximate surface area is 105 Å². The van der Waals surface area contributed by atoms with E-state index < -0.39 is 11.7 Å². The Morgan fingerprint density at radius 2 is 2.06 bits per heavy atom. The summed E-state index contributed by atoms with van der Waals surface area (Å²) in [4.78, 5) is 4.02. The van der Waals surface area contributed by atoms with Crippen LogP contribution in [-0.4, -0.2) is 11.2 Å². The van der Waals surface area contributed by atoms with Crippen molar-refractivity contribution in [3.63, 3.8) is 0 Å². The maximum Gasteiger partial charge on any atom is 0.414 e. The van der Waals surface area contributed by atoms with E-state index in [4.69, 9.17) is 17.3 Å². The number of thiazole rings is 1. The second kappa shape index (κ2) is 4.34. The predicted molar refractivity (Wildman–Crippen MR) is 62.7 cm³/mol. The molecule has 7 heteroatoms. The minimum absolute atomic E-state index is 0.119. The summed E-state index contributed by atoms with van der Waals surface area (Å²) >= 11 is 6.90. The van der Waals surface area contributed by atoms with E-state index in [0.717, 1.165) is 0 Å². The molecule has 0 spiro atoms. The van der Waals surface area contributed by atoms with E-state index in [1.807, 2.05) is 0 Å². The van der Waals surface area contributed by atoms with Gasteiger partial charge in [0.15, 0.2) is 5.13 Å². The van der Waals surface area contributed by atoms with Crippen LogP contribution in [0.4, 0.5) is 18.3 Å². The number of nitrogens with two attached hydrogens (primary N) is 1. The fourth-order valence-electron chi connectivity index (χ4n) is 1.61. The second-order valence-electron chi connectivity index (χ2n) is 3.56. The zero-order valence-corrected chi connectivity index (χ0v) is 10.1. The number of nitrogens with zero attached hydrogens (tertiary/aromatic N) is 1. The lowest BCUT2D eigenvalue weighted by Crippen LogP contribution is -2.15. The maximum absolute atomic E-state index is 12.5. The van der Waals surface area contributed by atoms with Gasteiger partial charge in [0, 0.05) is 10.4 Å². The molecule has 0 aromatic carbocycles. The molecule has 2 N–H and O–H groups in total. The molecule has 1 aromatic rings. The number of hydrogen-bond acceptors (Lipinski definition) is 3. The summed E-state index contributed by atoms with van der Waals surface area (Å²) in [6, 6.07) is 0. The first-order chi connectivity index (χ1) is 7.88. The molecule has 0 amide bonds. The molecule has 0 aliphatic heterocycles. The van der Waals surface area contributed by atoms with Crippen LogP contribution in [-0.2, 0) is 0 Å². The molecular weight excluding hydrogens is 273 g/mol. The summed E-state index contributed by atoms with van der Waals surface area (Å²) in [6.45, 7) is 0. The molecule has 0 fully saturated rings. The molecule has 0 bridgehead atoms. The lowest BCUT2D eigenvalue weighted by molar-refractivity contribution is -0.0942. The zero-order valence-electron chi connectivity index (χ0n) is 8.51. The molecule has 1 heterocycles. The van der Waals surface area contributed by atoms with Gasteiger partial charge in [-0.3, -0.25) is 0 Å². The van der Waals surface area contributed by atoms with E-state index in [1.165, 1.54) is 17.4 Å². The normalized spacial score (nSPS) is 17.3. The van der Waals surface area contributed by atoms with Crippen LogP contribution in [0.5, 0.6) is 0 Å². The number of allylic oxidation sites excluding steroid dienone is 4. The molecule has 0 saturated carbocycles. The smallest absolute Gasteiger partial charge is 0.375 e. The van der Waals surface area contributed by atoms with Gasteiger partial charge < -0.3 is 5.73 Å². The van der Waals surface area contributed by atoms with Crippen LogP contribution in [0.1, 0.15) is 18.5 Å². The van der Waals surface area contributed by atoms with Gasteiger partial charge in [-0.05, 0) is 24.5 Å². The largest absolute Gasteiger partial charge is 0.414 e. The van der Waals surface area contributed by atoms with Crippen molar-refractivity contribution in [2.24, 2.45) is 0 Å². The molecule has 2 nitrogen and oxygen atoms in total. The Hall–Kier alpha value is -1.01. The van der Waals surface area contributed by atoms with Crippen molar-refractivity contribution >= 4 is 33.6 Å². The van der Waals surface area contributed by atoms with Crippen LogP contribution in [0.3, 0.4) is 0 Å². The Kier molecular flexibility index (Phi) is 3.18. The van der Waals surface area contributed by atoms with Crippen LogP contribution in [0.15, 0.2) is 22.1 Å². The highest BCUT2D eigenvalue weighted by Crippen LogP contribution is 2.40. The van der Waals surface area contributed by atoms with Crippen molar-refractivity contribution in [1.29, 1.82) is 0 Å². The van der Waals surface area contributed by atoms with Crippen molar-refractivity contribution in [2.45, 2.75) is 19.0 Å². The first-order valence-electron chi connectivity index (χ1n) is 4.75. The number of nitrogen functional groups attached to an aromatic ring is 1. The van der Waals surface area contributed by atoms with Gasteiger partial charge >= 0.3 is 6.18 Å². The van der Waals surface area contributed by atoms with Crippen molar-refractivity contribution < 1.29 is 13.2 Å². The number of alkyl halides is 3. The van der Waals surface area contributed by atoms with E-state index in [0.29, 0.717) is 16.4 Å². The van der Waals surface area contributed by atoms with Gasteiger partial charge in [0.1, 0.15) is 0 Å². The number of halogens is 4. The van der Waals surface area contributed by atoms with Crippen LogP contribution >= 0.6 is 22.9 Å². The summed E-state index contributed by atoms with van der Waals surface area (Å²) < 4.78 is 37.6. The van der Waals surface area contributed by atoms with E-state index in [2.05, 4.69) is 4.98 Å². The SMILES string of the molecule is Nc1nc(C2=CC(Cl)=C(C(F)(F)F)CC2)cs1. The highest BCUT2D eigenvalue weighted by molar-refractivity contribution is 7.13. The predicted octanol–water partition coefficient (Wildman–Crippen LogP) is 3.96. The summed E-state index contributed by atoms with van der Waals surface area (Å²) in [5.41, 5.74) is 6.09. The summed E-state index contributed by atoms with van der Waals surface area (Å²) in [6.07, 6.45) is -2.89. The maximum atomic E-state index is 12.5. The van der Waals surface area contributed by atoms with Gasteiger partial charge in [0.25, 0.3) is 0 Å². The fraction of sp³-hybridized carbons (Fsp3) is 0.300. The van der Waals surface area contributed by atoms with Crippen molar-refractivity contribution in [1.82, 2.24) is 4.98 Å². The number of aromatic nitrogens is 1. The fourth-order valence-corrected chi connectivity index (χ4v) is 2.53. The summed E-state index contributed by atoms with van der Waals surface area (Å²) in [5, 5.41) is 1.84. The van der Waals surface area contributed by atoms with Crippen LogP contribution in [0.25, 0.3) is 5.57 Å². The minimum atomic E-state index is -4.36. The quantitative estimate of drug-likeness (QED) is 0.846. The molecule has 0 radical (unpaired) electrons. The van der Waals surface area contributed by atoms with Crippen LogP contribution < -0.4 is 5.73 Å². The number of rotatable bonds is 1. The minimum Gasteiger partial charge on any atom is -0.375 e. The molecule has 17 heavy (non-hydrogen) atoms. The monoisotopic (exact) mass is 280 g/mol. The van der Waals surface area contributed by atoms with Gasteiger partial charge in [-0.15, -0.1) is 11.3 Å². The third kappa shape index (κ3) is 2.63. The third-order valence-electron chi connectivity index (χ3n) is 2.43. The van der Waals surface area contributed by atoms with Gasteiger partial charge in [-0.25, -0.2) is 4.98 Å². The average Bonchev–Trinajstić information content (AvgIpc) is 2.62. The standard InChI is InChI=1S/C10H8ClF3N2S/c11-7-3-5(8-4-17-9(15)16-8)1-2-6(7)10(12,13)14/h3-4H,1-2H2,(H2,15,16). The van der Waals surface area contributed by atoms with Crippen molar-refractivity contribution in [3.8, 4) is 0 Å². The molecular formula is C10H8ClF3N2S. The van der Waals surface area contributed by atoms with Crippen LogP contribution in [0.2, 0.25) is 0 Å². The lowest BCUT2D eigenvalue weighted by Gasteiger charge is -2.18. The second-order valence-corrected chi connectivity index (χ2v) is 4.86. The first-order valence-corrected chi connectivity index (χ1v) is 6.01.